The first-order valence-corrected chi connectivity index (χ1v) is 12.2. The van der Waals surface area contributed by atoms with E-state index in [0.717, 1.165) is 6.20 Å². The fourth-order valence-corrected chi connectivity index (χ4v) is 3.69. The Morgan fingerprint density at radius 2 is 2.05 bits per heavy atom. The zero-order valence-electron chi connectivity index (χ0n) is 22.0. The number of halogens is 1. The fourth-order valence-electron chi connectivity index (χ4n) is 3.69. The van der Waals surface area contributed by atoms with Crippen molar-refractivity contribution in [2.24, 2.45) is 0 Å². The van der Waals surface area contributed by atoms with Gasteiger partial charge in [0.1, 0.15) is 17.2 Å². The molecule has 12 nitrogen and oxygen atoms in total. The molecule has 0 aliphatic carbocycles. The van der Waals surface area contributed by atoms with Crippen LogP contribution in [0.3, 0.4) is 0 Å². The molecular weight excluding hydrogens is 511 g/mol. The number of hydrogen-bond donors (Lipinski definition) is 4. The van der Waals surface area contributed by atoms with Crippen molar-refractivity contribution in [3.63, 3.8) is 0 Å². The Hall–Kier alpha value is -4.68. The van der Waals surface area contributed by atoms with Crippen LogP contribution in [0, 0.1) is 5.82 Å². The normalized spacial score (nSPS) is 12.1. The molecule has 0 bridgehead atoms. The molecule has 0 fully saturated rings. The summed E-state index contributed by atoms with van der Waals surface area (Å²) < 4.78 is 21.2. The number of carbonyl (C=O) groups is 3. The SMILES string of the molecule is CC(C)Oc1c(F)cnc2cc(Cn3cccc(NC(=O)C(CC/C=C/C(=O)N(C)C)NC(=O)O)c3=O)[nH]c12. The van der Waals surface area contributed by atoms with E-state index in [0.29, 0.717) is 16.7 Å². The van der Waals surface area contributed by atoms with Crippen LogP contribution in [-0.2, 0) is 16.1 Å². The summed E-state index contributed by atoms with van der Waals surface area (Å²) in [5, 5.41) is 13.8. The van der Waals surface area contributed by atoms with E-state index in [9.17, 15) is 23.6 Å². The Labute approximate surface area is 223 Å². The number of carbonyl (C=O) groups excluding carboxylic acids is 2. The number of aromatic nitrogens is 3. The second-order valence-electron chi connectivity index (χ2n) is 9.22. The summed E-state index contributed by atoms with van der Waals surface area (Å²) in [4.78, 5) is 57.3. The Bertz CT molecular complexity index is 1440. The lowest BCUT2D eigenvalue weighted by molar-refractivity contribution is -0.123. The number of ether oxygens (including phenoxy) is 1. The highest BCUT2D eigenvalue weighted by Crippen LogP contribution is 2.28. The highest BCUT2D eigenvalue weighted by Gasteiger charge is 2.21. The van der Waals surface area contributed by atoms with Crippen LogP contribution >= 0.6 is 0 Å². The van der Waals surface area contributed by atoms with Gasteiger partial charge in [-0.1, -0.05) is 6.08 Å². The first kappa shape index (κ1) is 28.9. The lowest BCUT2D eigenvalue weighted by Gasteiger charge is -2.16. The summed E-state index contributed by atoms with van der Waals surface area (Å²) >= 11 is 0. The van der Waals surface area contributed by atoms with E-state index in [1.165, 1.54) is 27.8 Å². The van der Waals surface area contributed by atoms with Gasteiger partial charge in [-0.3, -0.25) is 19.4 Å². The number of H-pyrrole nitrogens is 1. The second kappa shape index (κ2) is 12.7. The van der Waals surface area contributed by atoms with Crippen LogP contribution in [-0.4, -0.2) is 68.7 Å². The predicted molar refractivity (Wildman–Crippen MR) is 142 cm³/mol. The molecule has 0 radical (unpaired) electrons. The molecule has 3 rings (SSSR count). The minimum atomic E-state index is -1.40. The quantitative estimate of drug-likeness (QED) is 0.271. The molecule has 0 aromatic carbocycles. The lowest BCUT2D eigenvalue weighted by Crippen LogP contribution is -2.44. The Morgan fingerprint density at radius 3 is 2.72 bits per heavy atom. The van der Waals surface area contributed by atoms with Crippen LogP contribution in [0.2, 0.25) is 0 Å². The number of likely N-dealkylation sites (N-methyl/N-ethyl adjacent to an activating group) is 1. The standard InChI is InChI=1S/C26H31FN6O6/c1-15(2)39-23-17(27)13-28-20-12-16(29-22(20)23)14-33-11-7-9-19(25(33)36)30-24(35)18(31-26(37)38)8-5-6-10-21(34)32(3)4/h6-7,9-13,15,18,29,31H,5,8,14H2,1-4H3,(H,30,35)(H,37,38)/b10-6+. The largest absolute Gasteiger partial charge is 0.486 e. The number of aromatic amines is 1. The van der Waals surface area contributed by atoms with E-state index in [1.54, 1.807) is 46.2 Å². The van der Waals surface area contributed by atoms with Crippen LogP contribution in [0.5, 0.6) is 5.75 Å². The Morgan fingerprint density at radius 1 is 1.31 bits per heavy atom. The van der Waals surface area contributed by atoms with E-state index in [2.05, 4.69) is 20.6 Å². The highest BCUT2D eigenvalue weighted by atomic mass is 19.1. The van der Waals surface area contributed by atoms with Gasteiger partial charge >= 0.3 is 6.09 Å². The third-order valence-corrected chi connectivity index (χ3v) is 5.52. The van der Waals surface area contributed by atoms with Gasteiger partial charge in [-0.25, -0.2) is 9.18 Å². The molecule has 1 atom stereocenters. The number of nitrogens with one attached hydrogen (secondary N) is 3. The number of nitrogens with zero attached hydrogens (tertiary/aromatic N) is 3. The molecule has 0 saturated carbocycles. The van der Waals surface area contributed by atoms with Gasteiger partial charge in [-0.2, -0.15) is 0 Å². The molecule has 0 aliphatic rings. The first-order valence-electron chi connectivity index (χ1n) is 12.2. The highest BCUT2D eigenvalue weighted by molar-refractivity contribution is 5.96. The maximum atomic E-state index is 14.3. The summed E-state index contributed by atoms with van der Waals surface area (Å²) in [5.41, 5.74) is 0.783. The molecule has 0 spiro atoms. The van der Waals surface area contributed by atoms with Crippen molar-refractivity contribution in [2.45, 2.75) is 45.4 Å². The maximum Gasteiger partial charge on any atom is 0.405 e. The molecule has 4 N–H and O–H groups in total. The van der Waals surface area contributed by atoms with E-state index < -0.39 is 29.4 Å². The van der Waals surface area contributed by atoms with E-state index in [1.807, 2.05) is 0 Å². The second-order valence-corrected chi connectivity index (χ2v) is 9.22. The number of rotatable bonds is 11. The lowest BCUT2D eigenvalue weighted by atomic mass is 10.1. The monoisotopic (exact) mass is 542 g/mol. The third kappa shape index (κ3) is 7.66. The number of anilines is 1. The number of carboxylic acid groups (broad SMARTS) is 1. The zero-order valence-corrected chi connectivity index (χ0v) is 22.0. The zero-order chi connectivity index (χ0) is 28.7. The first-order chi connectivity index (χ1) is 18.5. The van der Waals surface area contributed by atoms with Crippen molar-refractivity contribution in [1.82, 2.24) is 24.8 Å². The van der Waals surface area contributed by atoms with E-state index >= 15 is 0 Å². The van der Waals surface area contributed by atoms with Gasteiger partial charge in [-0.05, 0) is 51.0 Å². The van der Waals surface area contributed by atoms with Crippen LogP contribution in [0.25, 0.3) is 11.0 Å². The summed E-state index contributed by atoms with van der Waals surface area (Å²) in [6, 6.07) is 3.46. The summed E-state index contributed by atoms with van der Waals surface area (Å²) in [5.74, 6) is -1.55. The third-order valence-electron chi connectivity index (χ3n) is 5.52. The smallest absolute Gasteiger partial charge is 0.405 e. The van der Waals surface area contributed by atoms with Gasteiger partial charge in [-0.15, -0.1) is 0 Å². The van der Waals surface area contributed by atoms with Crippen molar-refractivity contribution in [3.8, 4) is 5.75 Å². The summed E-state index contributed by atoms with van der Waals surface area (Å²) in [7, 11) is 3.18. The molecule has 0 aliphatic heterocycles. The van der Waals surface area contributed by atoms with Gasteiger partial charge in [0, 0.05) is 26.0 Å². The van der Waals surface area contributed by atoms with Crippen molar-refractivity contribution in [1.29, 1.82) is 0 Å². The molecule has 3 aromatic rings. The average Bonchev–Trinajstić information content (AvgIpc) is 3.27. The van der Waals surface area contributed by atoms with Gasteiger partial charge in [0.05, 0.1) is 24.4 Å². The number of allylic oxidation sites excluding steroid dienone is 1. The van der Waals surface area contributed by atoms with Crippen molar-refractivity contribution >= 4 is 34.6 Å². The molecule has 39 heavy (non-hydrogen) atoms. The molecule has 1 unspecified atom stereocenters. The minimum absolute atomic E-state index is 0.0347. The van der Waals surface area contributed by atoms with Gasteiger partial charge in [0.15, 0.2) is 11.6 Å². The number of fused-ring (bicyclic) bond motifs is 1. The van der Waals surface area contributed by atoms with Gasteiger partial charge < -0.3 is 34.9 Å². The van der Waals surface area contributed by atoms with Crippen LogP contribution < -0.4 is 20.9 Å². The van der Waals surface area contributed by atoms with Gasteiger partial charge in [0.2, 0.25) is 11.8 Å². The van der Waals surface area contributed by atoms with Crippen LogP contribution in [0.15, 0.2) is 47.5 Å². The molecule has 13 heteroatoms. The van der Waals surface area contributed by atoms with Crippen molar-refractivity contribution in [2.75, 3.05) is 19.4 Å². The number of hydrogen-bond acceptors (Lipinski definition) is 6. The topological polar surface area (TPSA) is 159 Å². The molecule has 3 amide bonds. The minimum Gasteiger partial charge on any atom is -0.486 e. The Kier molecular flexibility index (Phi) is 9.42. The van der Waals surface area contributed by atoms with Crippen molar-refractivity contribution in [3.05, 3.63) is 64.6 Å². The van der Waals surface area contributed by atoms with E-state index in [4.69, 9.17) is 9.84 Å². The van der Waals surface area contributed by atoms with Gasteiger partial charge in [0.25, 0.3) is 5.56 Å². The summed E-state index contributed by atoms with van der Waals surface area (Å²) in [6.45, 7) is 3.60. The van der Waals surface area contributed by atoms with E-state index in [-0.39, 0.29) is 42.8 Å². The van der Waals surface area contributed by atoms with Crippen molar-refractivity contribution < 1.29 is 28.6 Å². The Balaban J connectivity index is 1.77. The number of pyridine rings is 2. The molecular formula is C26H31FN6O6. The van der Waals surface area contributed by atoms with Crippen LogP contribution in [0.4, 0.5) is 14.9 Å². The molecule has 0 saturated heterocycles. The summed E-state index contributed by atoms with van der Waals surface area (Å²) in [6.07, 6.45) is 4.09. The predicted octanol–water partition coefficient (Wildman–Crippen LogP) is 2.70. The molecule has 208 valence electrons. The number of amides is 3. The fraction of sp³-hybridized carbons (Fsp3) is 0.346. The maximum absolute atomic E-state index is 14.3. The average molecular weight is 543 g/mol. The van der Waals surface area contributed by atoms with Crippen LogP contribution in [0.1, 0.15) is 32.4 Å². The molecule has 3 heterocycles. The molecule has 3 aromatic heterocycles.